The largest absolute Gasteiger partial charge is 0.462 e. The summed E-state index contributed by atoms with van der Waals surface area (Å²) in [6.45, 7) is 4.36. The van der Waals surface area contributed by atoms with Crippen molar-refractivity contribution in [3.8, 4) is 0 Å². The van der Waals surface area contributed by atoms with E-state index in [-0.39, 0.29) is 13.2 Å². The van der Waals surface area contributed by atoms with Crippen molar-refractivity contribution < 1.29 is 42.7 Å². The minimum absolute atomic E-state index is 0.0947. The summed E-state index contributed by atoms with van der Waals surface area (Å²) in [6, 6.07) is 25.9. The van der Waals surface area contributed by atoms with Gasteiger partial charge in [0.1, 0.15) is 24.1 Å². The van der Waals surface area contributed by atoms with Crippen molar-refractivity contribution in [3.63, 3.8) is 0 Å². The summed E-state index contributed by atoms with van der Waals surface area (Å²) in [7, 11) is 0. The van der Waals surface area contributed by atoms with Crippen LogP contribution < -0.4 is 5.73 Å². The first-order valence-electron chi connectivity index (χ1n) is 15.6. The Morgan fingerprint density at radius 3 is 2.11 bits per heavy atom. The predicted molar refractivity (Wildman–Crippen MR) is 169 cm³/mol. The van der Waals surface area contributed by atoms with Crippen LogP contribution in [0.25, 0.3) is 0 Å². The topological polar surface area (TPSA) is 125 Å². The highest BCUT2D eigenvalue weighted by Gasteiger charge is 2.40. The molecule has 10 heteroatoms. The van der Waals surface area contributed by atoms with Crippen LogP contribution >= 0.6 is 0 Å². The summed E-state index contributed by atoms with van der Waals surface area (Å²) < 4.78 is 42.3. The summed E-state index contributed by atoms with van der Waals surface area (Å²) in [6.07, 6.45) is -0.754. The number of ether oxygens (including phenoxy) is 7. The molecule has 7 atom stereocenters. The molecule has 2 N–H and O–H groups in total. The second-order valence-corrected chi connectivity index (χ2v) is 11.2. The highest BCUT2D eigenvalue weighted by molar-refractivity contribution is 5.90. The van der Waals surface area contributed by atoms with E-state index in [2.05, 4.69) is 6.92 Å². The predicted octanol–water partition coefficient (Wildman–Crippen LogP) is 5.34. The van der Waals surface area contributed by atoms with Crippen LogP contribution in [0.15, 0.2) is 103 Å². The fraction of sp³-hybridized carbons (Fsp3) is 0.389. The maximum absolute atomic E-state index is 13.1. The van der Waals surface area contributed by atoms with Crippen LogP contribution in [0.2, 0.25) is 0 Å². The average Bonchev–Trinajstić information content (AvgIpc) is 3.10. The van der Waals surface area contributed by atoms with E-state index in [1.165, 1.54) is 0 Å². The van der Waals surface area contributed by atoms with Gasteiger partial charge < -0.3 is 38.9 Å². The van der Waals surface area contributed by atoms with E-state index in [1.807, 2.05) is 36.4 Å². The molecular weight excluding hydrogens is 590 g/mol. The molecule has 244 valence electrons. The Kier molecular flexibility index (Phi) is 11.9. The van der Waals surface area contributed by atoms with Gasteiger partial charge in [-0.25, -0.2) is 9.59 Å². The van der Waals surface area contributed by atoms with Gasteiger partial charge in [0, 0.05) is 12.2 Å². The normalized spacial score (nSPS) is 22.7. The lowest BCUT2D eigenvalue weighted by Gasteiger charge is -2.40. The van der Waals surface area contributed by atoms with E-state index in [0.717, 1.165) is 18.4 Å². The van der Waals surface area contributed by atoms with Gasteiger partial charge in [-0.3, -0.25) is 0 Å². The molecule has 0 bridgehead atoms. The number of carbonyl (C=O) groups excluding carboxylic acids is 2. The standard InChI is InChI=1S/C36H41NO9/c1-3-4-20-40-30-21-29-31(23-42-35(44-29)27-18-12-7-13-19-27)45-36(30)41-22-28(37)32(46-34(39)26-16-10-6-11-17-26)24(2)43-33(38)25-14-8-5-9-15-25/h5-19,21,24,28,30-32,35-36H,3-4,20,22-23,37H2,1-2H3/t24-,28+,30+,31?,32-,35?,36?/m1/s1. The summed E-state index contributed by atoms with van der Waals surface area (Å²) >= 11 is 0. The summed E-state index contributed by atoms with van der Waals surface area (Å²) in [5, 5.41) is 0. The zero-order valence-corrected chi connectivity index (χ0v) is 26.1. The van der Waals surface area contributed by atoms with Gasteiger partial charge in [0.2, 0.25) is 6.29 Å². The van der Waals surface area contributed by atoms with Crippen LogP contribution in [0.3, 0.4) is 0 Å². The molecule has 3 aromatic rings. The number of unbranched alkanes of at least 4 members (excludes halogenated alkanes) is 1. The maximum atomic E-state index is 13.1. The number of benzene rings is 3. The van der Waals surface area contributed by atoms with E-state index in [0.29, 0.717) is 23.5 Å². The van der Waals surface area contributed by atoms with Gasteiger partial charge in [-0.1, -0.05) is 80.1 Å². The molecular formula is C36H41NO9. The smallest absolute Gasteiger partial charge is 0.338 e. The van der Waals surface area contributed by atoms with Gasteiger partial charge in [-0.2, -0.15) is 0 Å². The Morgan fingerprint density at radius 2 is 1.48 bits per heavy atom. The average molecular weight is 632 g/mol. The highest BCUT2D eigenvalue weighted by Crippen LogP contribution is 2.34. The molecule has 3 aromatic carbocycles. The molecule has 0 amide bonds. The van der Waals surface area contributed by atoms with Gasteiger partial charge in [0.05, 0.1) is 30.4 Å². The van der Waals surface area contributed by atoms with Crippen molar-refractivity contribution in [2.75, 3.05) is 19.8 Å². The van der Waals surface area contributed by atoms with E-state index in [1.54, 1.807) is 67.6 Å². The number of fused-ring (bicyclic) bond motifs is 1. The molecule has 0 aromatic heterocycles. The third-order valence-electron chi connectivity index (χ3n) is 7.63. The molecule has 2 aliphatic rings. The summed E-state index contributed by atoms with van der Waals surface area (Å²) in [5.74, 6) is -0.553. The SMILES string of the molecule is CCCCO[C@H]1C=C2OC(c3ccccc3)OCC2OC1OC[C@H](N)[C@H](OC(=O)c1ccccc1)[C@@H](C)OC(=O)c1ccccc1. The highest BCUT2D eigenvalue weighted by atomic mass is 16.7. The lowest BCUT2D eigenvalue weighted by atomic mass is 10.1. The minimum atomic E-state index is -1.04. The second-order valence-electron chi connectivity index (χ2n) is 11.2. The zero-order valence-electron chi connectivity index (χ0n) is 26.1. The Balaban J connectivity index is 1.28. The number of hydrogen-bond acceptors (Lipinski definition) is 10. The van der Waals surface area contributed by atoms with Crippen LogP contribution in [0.5, 0.6) is 0 Å². The van der Waals surface area contributed by atoms with Crippen molar-refractivity contribution >= 4 is 11.9 Å². The third kappa shape index (κ3) is 8.80. The molecule has 46 heavy (non-hydrogen) atoms. The molecule has 0 radical (unpaired) electrons. The molecule has 0 saturated carbocycles. The Bertz CT molecular complexity index is 1420. The molecule has 1 saturated heterocycles. The number of hydrogen-bond donors (Lipinski definition) is 1. The Morgan fingerprint density at radius 1 is 0.870 bits per heavy atom. The molecule has 3 unspecified atom stereocenters. The first kappa shape index (κ1) is 33.3. The van der Waals surface area contributed by atoms with Crippen LogP contribution in [0, 0.1) is 0 Å². The molecule has 0 aliphatic carbocycles. The van der Waals surface area contributed by atoms with Crippen LogP contribution in [-0.2, 0) is 33.2 Å². The number of rotatable bonds is 14. The fourth-order valence-electron chi connectivity index (χ4n) is 5.10. The van der Waals surface area contributed by atoms with E-state index in [9.17, 15) is 9.59 Å². The van der Waals surface area contributed by atoms with Crippen molar-refractivity contribution in [2.24, 2.45) is 5.73 Å². The molecule has 5 rings (SSSR count). The van der Waals surface area contributed by atoms with Gasteiger partial charge >= 0.3 is 11.9 Å². The van der Waals surface area contributed by atoms with Crippen LogP contribution in [-0.4, -0.2) is 68.5 Å². The minimum Gasteiger partial charge on any atom is -0.462 e. The molecule has 10 nitrogen and oxygen atoms in total. The third-order valence-corrected chi connectivity index (χ3v) is 7.63. The van der Waals surface area contributed by atoms with Crippen molar-refractivity contribution in [3.05, 3.63) is 120 Å². The molecule has 2 aliphatic heterocycles. The Hall–Kier alpha value is -4.06. The summed E-state index contributed by atoms with van der Waals surface area (Å²) in [4.78, 5) is 25.9. The number of esters is 2. The van der Waals surface area contributed by atoms with Crippen molar-refractivity contribution in [1.29, 1.82) is 0 Å². The maximum Gasteiger partial charge on any atom is 0.338 e. The lowest BCUT2D eigenvalue weighted by molar-refractivity contribution is -0.273. The fourth-order valence-corrected chi connectivity index (χ4v) is 5.10. The number of carbonyl (C=O) groups is 2. The van der Waals surface area contributed by atoms with Gasteiger partial charge in [-0.15, -0.1) is 0 Å². The molecule has 0 spiro atoms. The molecule has 1 fully saturated rings. The second kappa shape index (κ2) is 16.5. The van der Waals surface area contributed by atoms with E-state index < -0.39 is 55.0 Å². The lowest BCUT2D eigenvalue weighted by Crippen LogP contribution is -2.51. The first-order chi connectivity index (χ1) is 22.4. The monoisotopic (exact) mass is 631 g/mol. The number of nitrogens with two attached hydrogens (primary N) is 1. The quantitative estimate of drug-likeness (QED) is 0.184. The Labute approximate surface area is 269 Å². The van der Waals surface area contributed by atoms with Crippen LogP contribution in [0.4, 0.5) is 0 Å². The zero-order chi connectivity index (χ0) is 32.3. The van der Waals surface area contributed by atoms with Gasteiger partial charge in [-0.05, 0) is 43.7 Å². The molecule has 2 heterocycles. The first-order valence-corrected chi connectivity index (χ1v) is 15.6. The van der Waals surface area contributed by atoms with Gasteiger partial charge in [0.25, 0.3) is 0 Å². The van der Waals surface area contributed by atoms with E-state index >= 15 is 0 Å². The van der Waals surface area contributed by atoms with Crippen LogP contribution in [0.1, 0.15) is 59.3 Å². The van der Waals surface area contributed by atoms with E-state index in [4.69, 9.17) is 38.9 Å². The summed E-state index contributed by atoms with van der Waals surface area (Å²) in [5.41, 5.74) is 8.20. The van der Waals surface area contributed by atoms with Gasteiger partial charge in [0.15, 0.2) is 12.4 Å². The van der Waals surface area contributed by atoms with Crippen molar-refractivity contribution in [2.45, 2.75) is 69.7 Å². The van der Waals surface area contributed by atoms with Crippen molar-refractivity contribution in [1.82, 2.24) is 0 Å².